The summed E-state index contributed by atoms with van der Waals surface area (Å²) in [4.78, 5) is 11.0. The molecule has 8 heteroatoms. The van der Waals surface area contributed by atoms with Crippen LogP contribution in [0.5, 0.6) is 0 Å². The lowest BCUT2D eigenvalue weighted by atomic mass is 10.0. The van der Waals surface area contributed by atoms with Crippen molar-refractivity contribution in [3.8, 4) is 0 Å². The number of ether oxygens (including phenoxy) is 2. The second kappa shape index (κ2) is 6.07. The molecule has 2 unspecified atom stereocenters. The molecule has 1 N–H and O–H groups in total. The van der Waals surface area contributed by atoms with Crippen LogP contribution in [0.4, 0.5) is 0 Å². The van der Waals surface area contributed by atoms with Crippen molar-refractivity contribution in [2.24, 2.45) is 5.92 Å². The molecule has 106 valence electrons. The van der Waals surface area contributed by atoms with E-state index in [4.69, 9.17) is 14.6 Å². The van der Waals surface area contributed by atoms with Gasteiger partial charge in [0.2, 0.25) is 0 Å². The first-order chi connectivity index (χ1) is 9.09. The third-order valence-corrected chi connectivity index (χ3v) is 3.09. The number of hydrogen-bond acceptors (Lipinski definition) is 6. The molecule has 2 rings (SSSR count). The van der Waals surface area contributed by atoms with Crippen molar-refractivity contribution in [3.63, 3.8) is 0 Å². The van der Waals surface area contributed by atoms with Crippen LogP contribution < -0.4 is 0 Å². The van der Waals surface area contributed by atoms with E-state index < -0.39 is 5.97 Å². The molecular weight excluding hydrogens is 252 g/mol. The van der Waals surface area contributed by atoms with Gasteiger partial charge >= 0.3 is 5.97 Å². The van der Waals surface area contributed by atoms with Crippen LogP contribution in [-0.2, 0) is 14.3 Å². The van der Waals surface area contributed by atoms with E-state index >= 15 is 0 Å². The van der Waals surface area contributed by atoms with Gasteiger partial charge in [0.25, 0.3) is 0 Å². The summed E-state index contributed by atoms with van der Waals surface area (Å²) in [5, 5.41) is 20.5. The van der Waals surface area contributed by atoms with Crippen LogP contribution in [0, 0.1) is 5.92 Å². The monoisotopic (exact) mass is 270 g/mol. The molecule has 8 nitrogen and oxygen atoms in total. The maximum atomic E-state index is 11.0. The van der Waals surface area contributed by atoms with Crippen LogP contribution in [0.2, 0.25) is 0 Å². The average molecular weight is 270 g/mol. The molecule has 0 saturated carbocycles. The van der Waals surface area contributed by atoms with Gasteiger partial charge in [-0.3, -0.25) is 4.79 Å². The molecule has 19 heavy (non-hydrogen) atoms. The average Bonchev–Trinajstić information content (AvgIpc) is 2.85. The molecule has 0 aliphatic carbocycles. The molecule has 0 bridgehead atoms. The zero-order valence-electron chi connectivity index (χ0n) is 11.0. The summed E-state index contributed by atoms with van der Waals surface area (Å²) in [6, 6.07) is -0.298. The molecule has 0 amide bonds. The van der Waals surface area contributed by atoms with E-state index in [0.717, 1.165) is 0 Å². The summed E-state index contributed by atoms with van der Waals surface area (Å²) in [5.74, 6) is -0.247. The molecule has 1 fully saturated rings. The van der Waals surface area contributed by atoms with Crippen molar-refractivity contribution in [2.75, 3.05) is 19.8 Å². The van der Waals surface area contributed by atoms with Crippen LogP contribution in [0.1, 0.15) is 38.2 Å². The number of carboxylic acids is 1. The summed E-state index contributed by atoms with van der Waals surface area (Å²) in [6.07, 6.45) is -0.359. The van der Waals surface area contributed by atoms with E-state index in [1.54, 1.807) is 4.68 Å². The molecular formula is C11H18N4O4. The van der Waals surface area contributed by atoms with Crippen LogP contribution in [0.3, 0.4) is 0 Å². The van der Waals surface area contributed by atoms with Crippen LogP contribution >= 0.6 is 0 Å². The van der Waals surface area contributed by atoms with Gasteiger partial charge in [0, 0.05) is 0 Å². The first kappa shape index (κ1) is 13.9. The molecule has 2 heterocycles. The van der Waals surface area contributed by atoms with E-state index in [9.17, 15) is 4.79 Å². The van der Waals surface area contributed by atoms with Gasteiger partial charge in [0.15, 0.2) is 5.82 Å². The summed E-state index contributed by atoms with van der Waals surface area (Å²) < 4.78 is 12.4. The molecule has 0 radical (unpaired) electrons. The van der Waals surface area contributed by atoms with E-state index in [1.807, 2.05) is 13.8 Å². The predicted octanol–water partition coefficient (Wildman–Crippen LogP) is 0.433. The minimum atomic E-state index is -0.874. The van der Waals surface area contributed by atoms with Crippen molar-refractivity contribution in [3.05, 3.63) is 5.82 Å². The third kappa shape index (κ3) is 3.27. The first-order valence-electron chi connectivity index (χ1n) is 6.28. The quantitative estimate of drug-likeness (QED) is 0.828. The molecule has 1 saturated heterocycles. The van der Waals surface area contributed by atoms with Crippen molar-refractivity contribution >= 4 is 5.97 Å². The molecule has 0 aromatic carbocycles. The Labute approximate surface area is 110 Å². The van der Waals surface area contributed by atoms with Gasteiger partial charge in [-0.05, 0) is 16.3 Å². The van der Waals surface area contributed by atoms with Crippen molar-refractivity contribution in [1.29, 1.82) is 0 Å². The standard InChI is InChI=1S/C11H18N4O4/c1-7(2)8(5-10(16)17)15-11(12-13-14-15)9-6-18-3-4-19-9/h7-9H,3-6H2,1-2H3,(H,16,17). The van der Waals surface area contributed by atoms with Crippen LogP contribution in [0.15, 0.2) is 0 Å². The third-order valence-electron chi connectivity index (χ3n) is 3.09. The summed E-state index contributed by atoms with van der Waals surface area (Å²) in [5.41, 5.74) is 0. The summed E-state index contributed by atoms with van der Waals surface area (Å²) in [6.45, 7) is 5.32. The normalized spacial score (nSPS) is 21.5. The molecule has 2 atom stereocenters. The number of rotatable bonds is 5. The van der Waals surface area contributed by atoms with Gasteiger partial charge in [-0.25, -0.2) is 4.68 Å². The first-order valence-corrected chi connectivity index (χ1v) is 6.28. The van der Waals surface area contributed by atoms with Crippen molar-refractivity contribution in [2.45, 2.75) is 32.4 Å². The number of aliphatic carboxylic acids is 1. The Balaban J connectivity index is 2.22. The Bertz CT molecular complexity index is 428. The summed E-state index contributed by atoms with van der Waals surface area (Å²) >= 11 is 0. The van der Waals surface area contributed by atoms with Gasteiger partial charge in [-0.1, -0.05) is 13.8 Å². The smallest absolute Gasteiger partial charge is 0.305 e. The van der Waals surface area contributed by atoms with E-state index in [1.165, 1.54) is 0 Å². The van der Waals surface area contributed by atoms with Crippen molar-refractivity contribution < 1.29 is 19.4 Å². The summed E-state index contributed by atoms with van der Waals surface area (Å²) in [7, 11) is 0. The van der Waals surface area contributed by atoms with E-state index in [2.05, 4.69) is 15.5 Å². The number of carboxylic acid groups (broad SMARTS) is 1. The fourth-order valence-electron chi connectivity index (χ4n) is 2.07. The van der Waals surface area contributed by atoms with Gasteiger partial charge in [-0.15, -0.1) is 5.10 Å². The fraction of sp³-hybridized carbons (Fsp3) is 0.818. The molecule has 0 spiro atoms. The maximum absolute atomic E-state index is 11.0. The predicted molar refractivity (Wildman–Crippen MR) is 63.5 cm³/mol. The minimum absolute atomic E-state index is 0.0245. The molecule has 1 aliphatic heterocycles. The Morgan fingerprint density at radius 2 is 2.32 bits per heavy atom. The Morgan fingerprint density at radius 3 is 2.89 bits per heavy atom. The highest BCUT2D eigenvalue weighted by molar-refractivity contribution is 5.67. The Morgan fingerprint density at radius 1 is 1.53 bits per heavy atom. The second-order valence-corrected chi connectivity index (χ2v) is 4.83. The van der Waals surface area contributed by atoms with E-state index in [0.29, 0.717) is 25.6 Å². The number of carbonyl (C=O) groups is 1. The SMILES string of the molecule is CC(C)C(CC(=O)O)n1nnnc1C1COCCO1. The van der Waals surface area contributed by atoms with Gasteiger partial charge in [0.1, 0.15) is 6.10 Å². The number of nitrogens with zero attached hydrogens (tertiary/aromatic N) is 4. The maximum Gasteiger partial charge on any atom is 0.305 e. The van der Waals surface area contributed by atoms with Crippen LogP contribution in [-0.4, -0.2) is 51.1 Å². The Kier molecular flexibility index (Phi) is 4.43. The zero-order chi connectivity index (χ0) is 13.8. The highest BCUT2D eigenvalue weighted by atomic mass is 16.6. The van der Waals surface area contributed by atoms with Crippen LogP contribution in [0.25, 0.3) is 0 Å². The Hall–Kier alpha value is -1.54. The number of tetrazole rings is 1. The number of aromatic nitrogens is 4. The molecule has 1 aliphatic rings. The van der Waals surface area contributed by atoms with Gasteiger partial charge < -0.3 is 14.6 Å². The minimum Gasteiger partial charge on any atom is -0.481 e. The van der Waals surface area contributed by atoms with Gasteiger partial charge in [0.05, 0.1) is 32.3 Å². The topological polar surface area (TPSA) is 99.4 Å². The van der Waals surface area contributed by atoms with Gasteiger partial charge in [-0.2, -0.15) is 0 Å². The lowest BCUT2D eigenvalue weighted by Crippen LogP contribution is -2.28. The lowest BCUT2D eigenvalue weighted by Gasteiger charge is -2.25. The largest absolute Gasteiger partial charge is 0.481 e. The zero-order valence-corrected chi connectivity index (χ0v) is 11.0. The second-order valence-electron chi connectivity index (χ2n) is 4.83. The fourth-order valence-corrected chi connectivity index (χ4v) is 2.07. The number of hydrogen-bond donors (Lipinski definition) is 1. The highest BCUT2D eigenvalue weighted by Gasteiger charge is 2.29. The molecule has 1 aromatic rings. The van der Waals surface area contributed by atoms with Crippen molar-refractivity contribution in [1.82, 2.24) is 20.2 Å². The lowest BCUT2D eigenvalue weighted by molar-refractivity contribution is -0.138. The van der Waals surface area contributed by atoms with E-state index in [-0.39, 0.29) is 24.5 Å². The highest BCUT2D eigenvalue weighted by Crippen LogP contribution is 2.26. The molecule has 1 aromatic heterocycles.